The summed E-state index contributed by atoms with van der Waals surface area (Å²) in [5.74, 6) is -2.79. The van der Waals surface area contributed by atoms with Gasteiger partial charge in [-0.2, -0.15) is 18.2 Å². The lowest BCUT2D eigenvalue weighted by molar-refractivity contribution is -0.170. The van der Waals surface area contributed by atoms with Crippen LogP contribution >= 0.6 is 22.6 Å². The summed E-state index contributed by atoms with van der Waals surface area (Å²) in [6.07, 6.45) is 4.91. The molecule has 1 fully saturated rings. The molecule has 4 heterocycles. The quantitative estimate of drug-likeness (QED) is 0.145. The van der Waals surface area contributed by atoms with Crippen LogP contribution in [0.4, 0.5) is 19.1 Å². The first kappa shape index (κ1) is 33.7. The third-order valence-corrected chi connectivity index (χ3v) is 9.28. The van der Waals surface area contributed by atoms with Crippen LogP contribution in [-0.4, -0.2) is 72.6 Å². The summed E-state index contributed by atoms with van der Waals surface area (Å²) in [6, 6.07) is 10.1. The number of alkyl halides is 3. The van der Waals surface area contributed by atoms with Crippen LogP contribution in [0, 0.1) is 3.57 Å². The zero-order valence-electron chi connectivity index (χ0n) is 24.5. The number of hydrogen-bond acceptors (Lipinski definition) is 9. The summed E-state index contributed by atoms with van der Waals surface area (Å²) >= 11 is 1.91. The van der Waals surface area contributed by atoms with E-state index in [4.69, 9.17) is 14.2 Å². The van der Waals surface area contributed by atoms with Gasteiger partial charge in [-0.15, -0.1) is 0 Å². The lowest BCUT2D eigenvalue weighted by Gasteiger charge is -2.22. The molecule has 16 heteroatoms. The van der Waals surface area contributed by atoms with Gasteiger partial charge in [0, 0.05) is 29.6 Å². The number of fused-ring (bicyclic) bond motifs is 1. The maximum absolute atomic E-state index is 13.5. The molecule has 5 rings (SSSR count). The fraction of sp³-hybridized carbons (Fsp3) is 0.333. The van der Waals surface area contributed by atoms with Gasteiger partial charge in [-0.3, -0.25) is 14.7 Å². The Labute approximate surface area is 276 Å². The Morgan fingerprint density at radius 2 is 1.93 bits per heavy atom. The molecule has 0 saturated carbocycles. The highest BCUT2D eigenvalue weighted by molar-refractivity contribution is 14.1. The fourth-order valence-corrected chi connectivity index (χ4v) is 7.05. The van der Waals surface area contributed by atoms with E-state index in [0.29, 0.717) is 33.7 Å². The standard InChI is InChI=1S/C30H29F3IN5O6S/c1-38(28(40)30(31,32)33)29-36-24(11-10-21-15-22(17-35-16-21)43-13-14-45-25-9-5-6-12-44-25)26-23(34)18-39(27(26)37-29)46(41,42)19-20-7-3-2-4-8-20/h2-4,7-8,10-11,15-18,25H,5-6,9,12-14,19H2,1H3. The highest BCUT2D eigenvalue weighted by Crippen LogP contribution is 2.31. The summed E-state index contributed by atoms with van der Waals surface area (Å²) in [4.78, 5) is 24.9. The molecule has 1 unspecified atom stereocenters. The van der Waals surface area contributed by atoms with Crippen LogP contribution in [0.15, 0.2) is 55.0 Å². The zero-order valence-corrected chi connectivity index (χ0v) is 27.5. The van der Waals surface area contributed by atoms with E-state index in [9.17, 15) is 26.4 Å². The van der Waals surface area contributed by atoms with Gasteiger partial charge in [0.25, 0.3) is 0 Å². The second-order valence-electron chi connectivity index (χ2n) is 10.3. The van der Waals surface area contributed by atoms with E-state index in [1.165, 1.54) is 24.7 Å². The van der Waals surface area contributed by atoms with Gasteiger partial charge in [-0.05, 0) is 65.1 Å². The molecule has 1 aliphatic heterocycles. The lowest BCUT2D eigenvalue weighted by atomic mass is 10.2. The number of rotatable bonds is 11. The van der Waals surface area contributed by atoms with Gasteiger partial charge in [0.2, 0.25) is 16.0 Å². The van der Waals surface area contributed by atoms with E-state index < -0.39 is 33.8 Å². The molecule has 0 N–H and O–H groups in total. The Morgan fingerprint density at radius 1 is 1.15 bits per heavy atom. The molecule has 1 aromatic carbocycles. The minimum absolute atomic E-state index is 0.0899. The van der Waals surface area contributed by atoms with Crippen molar-refractivity contribution in [2.75, 3.05) is 31.8 Å². The van der Waals surface area contributed by atoms with Gasteiger partial charge < -0.3 is 14.2 Å². The molecule has 3 aromatic heterocycles. The first-order chi connectivity index (χ1) is 21.9. The highest BCUT2D eigenvalue weighted by atomic mass is 127. The summed E-state index contributed by atoms with van der Waals surface area (Å²) < 4.78 is 85.3. The topological polar surface area (TPSA) is 126 Å². The summed E-state index contributed by atoms with van der Waals surface area (Å²) in [6.45, 7) is 1.25. The molecule has 46 heavy (non-hydrogen) atoms. The van der Waals surface area contributed by atoms with Crippen molar-refractivity contribution in [3.63, 3.8) is 0 Å². The minimum atomic E-state index is -5.21. The maximum Gasteiger partial charge on any atom is 0.471 e. The van der Waals surface area contributed by atoms with Crippen LogP contribution < -0.4 is 9.64 Å². The van der Waals surface area contributed by atoms with Crippen LogP contribution in [-0.2, 0) is 30.0 Å². The molecule has 0 aliphatic carbocycles. The maximum atomic E-state index is 13.5. The van der Waals surface area contributed by atoms with E-state index in [0.717, 1.165) is 30.3 Å². The summed E-state index contributed by atoms with van der Waals surface area (Å²) in [5, 5.41) is 0.271. The molecule has 1 aliphatic rings. The van der Waals surface area contributed by atoms with Gasteiger partial charge in [0.05, 0.1) is 29.6 Å². The van der Waals surface area contributed by atoms with Crippen molar-refractivity contribution in [2.45, 2.75) is 37.5 Å². The van der Waals surface area contributed by atoms with E-state index >= 15 is 0 Å². The number of carbonyl (C=O) groups excluding carboxylic acids is 1. The Hall–Kier alpha value is -3.61. The molecule has 4 aromatic rings. The number of ether oxygens (including phenoxy) is 3. The number of anilines is 1. The lowest BCUT2D eigenvalue weighted by Crippen LogP contribution is -2.39. The van der Waals surface area contributed by atoms with Gasteiger partial charge in [0.15, 0.2) is 11.9 Å². The number of carbonyl (C=O) groups is 1. The number of aromatic nitrogens is 4. The van der Waals surface area contributed by atoms with Gasteiger partial charge in [-0.1, -0.05) is 36.4 Å². The number of halogens is 4. The number of hydrogen-bond donors (Lipinski definition) is 0. The average Bonchev–Trinajstić information content (AvgIpc) is 3.39. The molecular formula is C30H29F3IN5O6S. The number of amides is 1. The average molecular weight is 772 g/mol. The predicted octanol–water partition coefficient (Wildman–Crippen LogP) is 5.43. The van der Waals surface area contributed by atoms with Gasteiger partial charge in [-0.25, -0.2) is 17.4 Å². The molecule has 1 saturated heterocycles. The first-order valence-corrected chi connectivity index (χ1v) is 16.8. The van der Waals surface area contributed by atoms with Crippen molar-refractivity contribution in [2.24, 2.45) is 0 Å². The van der Waals surface area contributed by atoms with Crippen molar-refractivity contribution >= 4 is 67.7 Å². The molecule has 244 valence electrons. The predicted molar refractivity (Wildman–Crippen MR) is 172 cm³/mol. The molecular weight excluding hydrogens is 742 g/mol. The van der Waals surface area contributed by atoms with E-state index in [-0.39, 0.29) is 34.5 Å². The van der Waals surface area contributed by atoms with Gasteiger partial charge >= 0.3 is 12.1 Å². The number of benzene rings is 1. The first-order valence-electron chi connectivity index (χ1n) is 14.1. The number of pyridine rings is 1. The Kier molecular flexibility index (Phi) is 10.6. The fourth-order valence-electron chi connectivity index (χ4n) is 4.65. The molecule has 0 spiro atoms. The van der Waals surface area contributed by atoms with Crippen LogP contribution in [0.5, 0.6) is 5.75 Å². The SMILES string of the molecule is CN(C(=O)C(F)(F)F)c1nc(C=Cc2cncc(OCCOC3CCCCO3)c2)c2c(I)cn(S(=O)(=O)Cc3ccccc3)c2n1. The van der Waals surface area contributed by atoms with Crippen molar-refractivity contribution in [3.8, 4) is 5.75 Å². The smallest absolute Gasteiger partial charge is 0.471 e. The second kappa shape index (κ2) is 14.4. The van der Waals surface area contributed by atoms with E-state index in [2.05, 4.69) is 15.0 Å². The molecule has 1 amide bonds. The third kappa shape index (κ3) is 8.21. The van der Waals surface area contributed by atoms with Crippen LogP contribution in [0.25, 0.3) is 23.2 Å². The van der Waals surface area contributed by atoms with Crippen molar-refractivity contribution in [1.82, 2.24) is 18.9 Å². The Balaban J connectivity index is 1.46. The molecule has 0 bridgehead atoms. The molecule has 11 nitrogen and oxygen atoms in total. The normalized spacial score (nSPS) is 15.8. The Bertz CT molecular complexity index is 1830. The largest absolute Gasteiger partial charge is 0.490 e. The van der Waals surface area contributed by atoms with Crippen molar-refractivity contribution < 1.29 is 40.6 Å². The van der Waals surface area contributed by atoms with Gasteiger partial charge in [0.1, 0.15) is 12.4 Å². The second-order valence-corrected chi connectivity index (χ2v) is 13.3. The van der Waals surface area contributed by atoms with Crippen LogP contribution in [0.1, 0.15) is 36.1 Å². The number of nitrogens with zero attached hydrogens (tertiary/aromatic N) is 5. The monoisotopic (exact) mass is 771 g/mol. The minimum Gasteiger partial charge on any atom is -0.490 e. The Morgan fingerprint density at radius 3 is 2.65 bits per heavy atom. The summed E-state index contributed by atoms with van der Waals surface area (Å²) in [7, 11) is -3.22. The van der Waals surface area contributed by atoms with E-state index in [1.807, 2.05) is 22.6 Å². The molecule has 1 atom stereocenters. The van der Waals surface area contributed by atoms with E-state index in [1.54, 1.807) is 42.5 Å². The van der Waals surface area contributed by atoms with Crippen molar-refractivity contribution in [1.29, 1.82) is 0 Å². The highest BCUT2D eigenvalue weighted by Gasteiger charge is 2.43. The zero-order chi connectivity index (χ0) is 32.9. The van der Waals surface area contributed by atoms with Crippen molar-refractivity contribution in [3.05, 3.63) is 75.4 Å². The summed E-state index contributed by atoms with van der Waals surface area (Å²) in [5.41, 5.74) is 0.978. The van der Waals surface area contributed by atoms with Crippen LogP contribution in [0.3, 0.4) is 0 Å². The van der Waals surface area contributed by atoms with Crippen LogP contribution in [0.2, 0.25) is 0 Å². The molecule has 0 radical (unpaired) electrons. The third-order valence-electron chi connectivity index (χ3n) is 6.88.